The van der Waals surface area contributed by atoms with Gasteiger partial charge < -0.3 is 14.6 Å². The van der Waals surface area contributed by atoms with Crippen molar-refractivity contribution < 1.29 is 14.6 Å². The fourth-order valence-electron chi connectivity index (χ4n) is 1.64. The highest BCUT2D eigenvalue weighted by Crippen LogP contribution is 2.31. The smallest absolute Gasteiger partial charge is 0.336 e. The monoisotopic (exact) mass is 284 g/mol. The topological polar surface area (TPSA) is 70.7 Å². The van der Waals surface area contributed by atoms with Crippen molar-refractivity contribution in [3.05, 3.63) is 34.2 Å². The van der Waals surface area contributed by atoms with Crippen molar-refractivity contribution in [1.82, 2.24) is 0 Å². The fourth-order valence-corrected chi connectivity index (χ4v) is 2.07. The van der Waals surface area contributed by atoms with Crippen LogP contribution in [0.2, 0.25) is 0 Å². The number of halogens is 1. The van der Waals surface area contributed by atoms with Crippen LogP contribution >= 0.6 is 15.9 Å². The molecule has 0 aliphatic rings. The summed E-state index contributed by atoms with van der Waals surface area (Å²) < 4.78 is 4.92. The number of rotatable bonds is 2. The van der Waals surface area contributed by atoms with Gasteiger partial charge in [0.05, 0.1) is 5.39 Å². The summed E-state index contributed by atoms with van der Waals surface area (Å²) in [6.45, 7) is 0. The third-order valence-corrected chi connectivity index (χ3v) is 2.65. The summed E-state index contributed by atoms with van der Waals surface area (Å²) >= 11 is 3.27. The van der Waals surface area contributed by atoms with Crippen molar-refractivity contribution in [2.75, 3.05) is 5.33 Å². The molecule has 2 rings (SSSR count). The van der Waals surface area contributed by atoms with E-state index in [2.05, 4.69) is 15.9 Å². The van der Waals surface area contributed by atoms with Gasteiger partial charge in [-0.1, -0.05) is 15.9 Å². The molecule has 0 unspecified atom stereocenters. The first-order chi connectivity index (χ1) is 7.61. The van der Waals surface area contributed by atoms with E-state index in [9.17, 15) is 15.0 Å². The molecule has 0 atom stereocenters. The SMILES string of the molecule is O=c1cc(CCBr)c2c(O)cc(O)cc2o1. The zero-order valence-electron chi connectivity index (χ0n) is 8.24. The Morgan fingerprint density at radius 2 is 2.00 bits per heavy atom. The van der Waals surface area contributed by atoms with Gasteiger partial charge in [-0.2, -0.15) is 0 Å². The van der Waals surface area contributed by atoms with Gasteiger partial charge in [-0.3, -0.25) is 0 Å². The molecule has 16 heavy (non-hydrogen) atoms. The molecule has 0 aliphatic heterocycles. The summed E-state index contributed by atoms with van der Waals surface area (Å²) in [5.74, 6) is -0.223. The van der Waals surface area contributed by atoms with Crippen LogP contribution in [0, 0.1) is 0 Å². The minimum absolute atomic E-state index is 0.0882. The number of aromatic hydroxyl groups is 2. The average molecular weight is 285 g/mol. The van der Waals surface area contributed by atoms with E-state index in [0.29, 0.717) is 22.7 Å². The molecule has 0 spiro atoms. The zero-order chi connectivity index (χ0) is 11.7. The standard InChI is InChI=1S/C11H9BrO4/c12-2-1-6-3-10(15)16-9-5-7(13)4-8(14)11(6)9/h3-5,13-14H,1-2H2. The Morgan fingerprint density at radius 3 is 2.69 bits per heavy atom. The van der Waals surface area contributed by atoms with E-state index in [0.717, 1.165) is 0 Å². The summed E-state index contributed by atoms with van der Waals surface area (Å²) in [6.07, 6.45) is 0.598. The lowest BCUT2D eigenvalue weighted by molar-refractivity contribution is 0.451. The van der Waals surface area contributed by atoms with Crippen LogP contribution in [0.1, 0.15) is 5.56 Å². The molecule has 2 N–H and O–H groups in total. The van der Waals surface area contributed by atoms with Crippen molar-refractivity contribution in [3.8, 4) is 11.5 Å². The first-order valence-corrected chi connectivity index (χ1v) is 5.78. The van der Waals surface area contributed by atoms with Crippen LogP contribution in [0.4, 0.5) is 0 Å². The average Bonchev–Trinajstić information content (AvgIpc) is 2.15. The van der Waals surface area contributed by atoms with Crippen molar-refractivity contribution >= 4 is 26.9 Å². The second kappa shape index (κ2) is 4.17. The lowest BCUT2D eigenvalue weighted by Gasteiger charge is -2.06. The molecule has 2 aromatic rings. The fraction of sp³-hybridized carbons (Fsp3) is 0.182. The third-order valence-electron chi connectivity index (χ3n) is 2.25. The molecule has 1 aromatic heterocycles. The Balaban J connectivity index is 2.84. The van der Waals surface area contributed by atoms with E-state index in [1.165, 1.54) is 18.2 Å². The number of benzene rings is 1. The van der Waals surface area contributed by atoms with Gasteiger partial charge in [0, 0.05) is 23.5 Å². The van der Waals surface area contributed by atoms with Crippen molar-refractivity contribution in [3.63, 3.8) is 0 Å². The third kappa shape index (κ3) is 1.90. The van der Waals surface area contributed by atoms with Gasteiger partial charge in [0.25, 0.3) is 0 Å². The van der Waals surface area contributed by atoms with Crippen LogP contribution in [0.15, 0.2) is 27.4 Å². The molecule has 1 aromatic carbocycles. The maximum Gasteiger partial charge on any atom is 0.336 e. The highest BCUT2D eigenvalue weighted by atomic mass is 79.9. The number of aryl methyl sites for hydroxylation is 1. The minimum Gasteiger partial charge on any atom is -0.508 e. The number of phenols is 2. The van der Waals surface area contributed by atoms with Crippen LogP contribution in [0.25, 0.3) is 11.0 Å². The van der Waals surface area contributed by atoms with Gasteiger partial charge in [-0.15, -0.1) is 0 Å². The zero-order valence-corrected chi connectivity index (χ0v) is 9.82. The number of fused-ring (bicyclic) bond motifs is 1. The summed E-state index contributed by atoms with van der Waals surface area (Å²) in [5, 5.41) is 20.1. The molecule has 0 aliphatic carbocycles. The van der Waals surface area contributed by atoms with Gasteiger partial charge in [-0.25, -0.2) is 4.79 Å². The van der Waals surface area contributed by atoms with Crippen LogP contribution in [-0.2, 0) is 6.42 Å². The Labute approximate surface area is 99.3 Å². The molecular weight excluding hydrogens is 276 g/mol. The van der Waals surface area contributed by atoms with Gasteiger partial charge >= 0.3 is 5.63 Å². The Morgan fingerprint density at radius 1 is 1.25 bits per heavy atom. The van der Waals surface area contributed by atoms with Crippen molar-refractivity contribution in [2.24, 2.45) is 0 Å². The largest absolute Gasteiger partial charge is 0.508 e. The van der Waals surface area contributed by atoms with Gasteiger partial charge in [-0.05, 0) is 12.0 Å². The van der Waals surface area contributed by atoms with E-state index in [1.807, 2.05) is 0 Å². The van der Waals surface area contributed by atoms with E-state index < -0.39 is 5.63 Å². The van der Waals surface area contributed by atoms with Crippen molar-refractivity contribution in [1.29, 1.82) is 0 Å². The van der Waals surface area contributed by atoms with Gasteiger partial charge in [0.1, 0.15) is 17.1 Å². The normalized spacial score (nSPS) is 10.8. The summed E-state index contributed by atoms with van der Waals surface area (Å²) in [4.78, 5) is 11.3. The van der Waals surface area contributed by atoms with Gasteiger partial charge in [0.2, 0.25) is 0 Å². The molecule has 4 nitrogen and oxygen atoms in total. The quantitative estimate of drug-likeness (QED) is 0.655. The molecule has 1 heterocycles. The maximum absolute atomic E-state index is 11.3. The predicted octanol–water partition coefficient (Wildman–Crippen LogP) is 2.14. The summed E-state index contributed by atoms with van der Waals surface area (Å²) in [6, 6.07) is 3.88. The Bertz CT molecular complexity index is 588. The predicted molar refractivity (Wildman–Crippen MR) is 63.3 cm³/mol. The maximum atomic E-state index is 11.3. The van der Waals surface area contributed by atoms with Crippen LogP contribution in [-0.4, -0.2) is 15.5 Å². The minimum atomic E-state index is -0.492. The molecule has 0 amide bonds. The first kappa shape index (κ1) is 11.0. The van der Waals surface area contributed by atoms with Gasteiger partial charge in [0.15, 0.2) is 0 Å². The second-order valence-corrected chi connectivity index (χ2v) is 4.16. The van der Waals surface area contributed by atoms with E-state index in [-0.39, 0.29) is 17.1 Å². The van der Waals surface area contributed by atoms with Crippen LogP contribution in [0.3, 0.4) is 0 Å². The molecule has 5 heteroatoms. The number of hydrogen-bond donors (Lipinski definition) is 2. The van der Waals surface area contributed by atoms with E-state index >= 15 is 0 Å². The molecule has 0 saturated carbocycles. The lowest BCUT2D eigenvalue weighted by Crippen LogP contribution is -2.01. The van der Waals surface area contributed by atoms with E-state index in [1.54, 1.807) is 0 Å². The molecule has 84 valence electrons. The molecule has 0 bridgehead atoms. The summed E-state index contributed by atoms with van der Waals surface area (Å²) in [7, 11) is 0. The van der Waals surface area contributed by atoms with Crippen LogP contribution in [0.5, 0.6) is 11.5 Å². The number of alkyl halides is 1. The first-order valence-electron chi connectivity index (χ1n) is 4.66. The molecule has 0 fully saturated rings. The highest BCUT2D eigenvalue weighted by Gasteiger charge is 2.11. The second-order valence-electron chi connectivity index (χ2n) is 3.37. The number of phenolic OH excluding ortho intramolecular Hbond substituents is 2. The molecule has 0 radical (unpaired) electrons. The summed E-state index contributed by atoms with van der Waals surface area (Å²) in [5.41, 5.74) is 0.398. The number of hydrogen-bond acceptors (Lipinski definition) is 4. The van der Waals surface area contributed by atoms with Crippen molar-refractivity contribution in [2.45, 2.75) is 6.42 Å². The highest BCUT2D eigenvalue weighted by molar-refractivity contribution is 9.09. The molecular formula is C11H9BrO4. The lowest BCUT2D eigenvalue weighted by atomic mass is 10.1. The Hall–Kier alpha value is -1.49. The Kier molecular flexibility index (Phi) is 2.87. The van der Waals surface area contributed by atoms with Crippen LogP contribution < -0.4 is 5.63 Å². The van der Waals surface area contributed by atoms with E-state index in [4.69, 9.17) is 4.42 Å². The molecule has 0 saturated heterocycles.